The van der Waals surface area contributed by atoms with E-state index in [2.05, 4.69) is 0 Å². The number of Topliss-reactive ketones (excluding diaryl/α,β-unsaturated/α-hetero) is 1. The van der Waals surface area contributed by atoms with Gasteiger partial charge < -0.3 is 24.1 Å². The average Bonchev–Trinajstić information content (AvgIpc) is 3.17. The van der Waals surface area contributed by atoms with E-state index in [-0.39, 0.29) is 30.8 Å². The SMILES string of the molecule is CC(=O)O[C@H]1OC[C@]2(C)[C@@H](OC(C)=O)CC[C@]3(COC(=O)[C@@]45C[C@@H](C[C@@H](O)[C@H]43)[C@@H](C)C5=O)[C@H]12. The van der Waals surface area contributed by atoms with Gasteiger partial charge in [-0.2, -0.15) is 0 Å². The first-order chi connectivity index (χ1) is 15.5. The Morgan fingerprint density at radius 1 is 1.09 bits per heavy atom. The number of ketones is 1. The number of esters is 3. The van der Waals surface area contributed by atoms with Crippen LogP contribution in [0, 0.1) is 39.9 Å². The summed E-state index contributed by atoms with van der Waals surface area (Å²) < 4.78 is 23.0. The van der Waals surface area contributed by atoms with Crippen LogP contribution in [-0.4, -0.2) is 60.5 Å². The highest BCUT2D eigenvalue weighted by Gasteiger charge is 2.77. The summed E-state index contributed by atoms with van der Waals surface area (Å²) >= 11 is 0. The highest BCUT2D eigenvalue weighted by molar-refractivity contribution is 6.07. The van der Waals surface area contributed by atoms with Crippen LogP contribution in [0.25, 0.3) is 0 Å². The van der Waals surface area contributed by atoms with E-state index in [0.29, 0.717) is 25.7 Å². The van der Waals surface area contributed by atoms with Gasteiger partial charge in [-0.05, 0) is 31.6 Å². The fraction of sp³-hybridized carbons (Fsp3) is 0.833. The van der Waals surface area contributed by atoms with Gasteiger partial charge in [-0.1, -0.05) is 13.8 Å². The summed E-state index contributed by atoms with van der Waals surface area (Å²) in [5.41, 5.74) is -3.02. The number of hydrogen-bond donors (Lipinski definition) is 1. The molecule has 0 aromatic carbocycles. The smallest absolute Gasteiger partial charge is 0.320 e. The maximum atomic E-state index is 13.6. The van der Waals surface area contributed by atoms with Gasteiger partial charge in [0, 0.05) is 42.4 Å². The lowest BCUT2D eigenvalue weighted by molar-refractivity contribution is -0.255. The van der Waals surface area contributed by atoms with Gasteiger partial charge in [0.05, 0.1) is 19.3 Å². The summed E-state index contributed by atoms with van der Waals surface area (Å²) in [6.07, 6.45) is -0.624. The van der Waals surface area contributed by atoms with Crippen LogP contribution < -0.4 is 0 Å². The zero-order chi connectivity index (χ0) is 23.9. The molecule has 182 valence electrons. The van der Waals surface area contributed by atoms with E-state index in [0.717, 1.165) is 0 Å². The number of hydrogen-bond acceptors (Lipinski definition) is 9. The molecule has 5 fully saturated rings. The average molecular weight is 465 g/mol. The maximum Gasteiger partial charge on any atom is 0.320 e. The molecule has 3 aliphatic carbocycles. The van der Waals surface area contributed by atoms with E-state index in [1.807, 2.05) is 13.8 Å². The number of cyclic esters (lactones) is 1. The van der Waals surface area contributed by atoms with E-state index >= 15 is 0 Å². The number of rotatable bonds is 2. The van der Waals surface area contributed by atoms with Crippen LogP contribution in [0.15, 0.2) is 0 Å². The Morgan fingerprint density at radius 3 is 2.45 bits per heavy atom. The van der Waals surface area contributed by atoms with E-state index in [1.54, 1.807) is 0 Å². The maximum absolute atomic E-state index is 13.6. The molecule has 5 rings (SSSR count). The molecule has 0 amide bonds. The van der Waals surface area contributed by atoms with Crippen LogP contribution in [0.2, 0.25) is 0 Å². The van der Waals surface area contributed by atoms with Gasteiger partial charge in [0.1, 0.15) is 11.5 Å². The molecule has 2 bridgehead atoms. The number of ether oxygens (including phenoxy) is 4. The third-order valence-electron chi connectivity index (χ3n) is 9.42. The molecule has 5 aliphatic rings. The third kappa shape index (κ3) is 2.84. The Morgan fingerprint density at radius 2 is 1.79 bits per heavy atom. The van der Waals surface area contributed by atoms with Crippen LogP contribution in [-0.2, 0) is 38.1 Å². The molecule has 33 heavy (non-hydrogen) atoms. The van der Waals surface area contributed by atoms with E-state index in [1.165, 1.54) is 13.8 Å². The molecule has 10 atom stereocenters. The molecule has 1 N–H and O–H groups in total. The summed E-state index contributed by atoms with van der Waals surface area (Å²) in [6.45, 7) is 6.57. The monoisotopic (exact) mass is 464 g/mol. The summed E-state index contributed by atoms with van der Waals surface area (Å²) in [7, 11) is 0. The van der Waals surface area contributed by atoms with Crippen LogP contribution in [0.1, 0.15) is 53.4 Å². The molecule has 2 saturated heterocycles. The van der Waals surface area contributed by atoms with Crippen LogP contribution in [0.4, 0.5) is 0 Å². The minimum absolute atomic E-state index is 0.00416. The molecular weight excluding hydrogens is 432 g/mol. The van der Waals surface area contributed by atoms with Crippen molar-refractivity contribution in [3.05, 3.63) is 0 Å². The van der Waals surface area contributed by atoms with Crippen molar-refractivity contribution in [1.29, 1.82) is 0 Å². The minimum Gasteiger partial charge on any atom is -0.464 e. The predicted molar refractivity (Wildman–Crippen MR) is 110 cm³/mol. The zero-order valence-electron chi connectivity index (χ0n) is 19.5. The van der Waals surface area contributed by atoms with Gasteiger partial charge in [0.25, 0.3) is 0 Å². The van der Waals surface area contributed by atoms with Crippen LogP contribution in [0.3, 0.4) is 0 Å². The molecule has 0 radical (unpaired) electrons. The fourth-order valence-corrected chi connectivity index (χ4v) is 8.29. The lowest BCUT2D eigenvalue weighted by Crippen LogP contribution is -2.69. The lowest BCUT2D eigenvalue weighted by Gasteiger charge is -2.62. The summed E-state index contributed by atoms with van der Waals surface area (Å²) in [4.78, 5) is 50.6. The summed E-state index contributed by atoms with van der Waals surface area (Å²) in [6, 6.07) is 0. The van der Waals surface area contributed by atoms with E-state index in [4.69, 9.17) is 18.9 Å². The Hall–Kier alpha value is -2.00. The predicted octanol–water partition coefficient (Wildman–Crippen LogP) is 1.39. The van der Waals surface area contributed by atoms with Gasteiger partial charge in [-0.25, -0.2) is 0 Å². The highest BCUT2D eigenvalue weighted by atomic mass is 16.7. The van der Waals surface area contributed by atoms with Gasteiger partial charge in [-0.3, -0.25) is 19.2 Å². The molecule has 2 spiro atoms. The van der Waals surface area contributed by atoms with Crippen LogP contribution in [0.5, 0.6) is 0 Å². The van der Waals surface area contributed by atoms with Crippen molar-refractivity contribution in [2.45, 2.75) is 71.9 Å². The van der Waals surface area contributed by atoms with Crippen molar-refractivity contribution in [1.82, 2.24) is 0 Å². The second-order valence-electron chi connectivity index (χ2n) is 11.1. The van der Waals surface area contributed by atoms with Crippen molar-refractivity contribution in [3.63, 3.8) is 0 Å². The first kappa shape index (κ1) is 22.8. The second-order valence-corrected chi connectivity index (χ2v) is 11.1. The normalized spacial score (nSPS) is 50.4. The van der Waals surface area contributed by atoms with Crippen molar-refractivity contribution >= 4 is 23.7 Å². The molecule has 0 unspecified atom stereocenters. The standard InChI is InChI=1S/C24H32O9/c1-11-14-7-15(27)17-23(10-31-21(29)24(17,8-14)19(11)28)6-5-16(32-12(2)25)22(4)9-30-20(18(22)23)33-13(3)26/h11,14-18,20,27H,5-10H2,1-4H3/t11-,14-,15-,16+,17+,18-,20-,22-,23-,24+/m1/s1. The van der Waals surface area contributed by atoms with Gasteiger partial charge >= 0.3 is 17.9 Å². The van der Waals surface area contributed by atoms with Crippen molar-refractivity contribution < 1.29 is 43.2 Å². The van der Waals surface area contributed by atoms with Crippen molar-refractivity contribution in [2.24, 2.45) is 39.9 Å². The number of aliphatic hydroxyl groups excluding tert-OH is 1. The van der Waals surface area contributed by atoms with Gasteiger partial charge in [0.2, 0.25) is 6.29 Å². The molecule has 0 aromatic heterocycles. The first-order valence-electron chi connectivity index (χ1n) is 11.8. The number of carbonyl (C=O) groups excluding carboxylic acids is 4. The minimum atomic E-state index is -1.40. The third-order valence-corrected chi connectivity index (χ3v) is 9.42. The number of carbonyl (C=O) groups is 4. The Labute approximate surface area is 192 Å². The molecule has 2 aliphatic heterocycles. The number of fused-ring (bicyclic) bond motifs is 4. The number of aliphatic hydroxyl groups is 1. The van der Waals surface area contributed by atoms with Gasteiger partial charge in [-0.15, -0.1) is 0 Å². The first-order valence-corrected chi connectivity index (χ1v) is 11.8. The van der Waals surface area contributed by atoms with Crippen molar-refractivity contribution in [3.8, 4) is 0 Å². The lowest BCUT2D eigenvalue weighted by atomic mass is 9.43. The Bertz CT molecular complexity index is 916. The molecule has 3 saturated carbocycles. The Kier molecular flexibility index (Phi) is 5.00. The van der Waals surface area contributed by atoms with E-state index in [9.17, 15) is 24.3 Å². The molecule has 2 heterocycles. The largest absolute Gasteiger partial charge is 0.464 e. The quantitative estimate of drug-likeness (QED) is 0.366. The Balaban J connectivity index is 1.66. The fourth-order valence-electron chi connectivity index (χ4n) is 8.29. The molecule has 0 aromatic rings. The molecular formula is C24H32O9. The topological polar surface area (TPSA) is 125 Å². The van der Waals surface area contributed by atoms with Crippen LogP contribution >= 0.6 is 0 Å². The van der Waals surface area contributed by atoms with E-state index < -0.39 is 64.5 Å². The van der Waals surface area contributed by atoms with Crippen molar-refractivity contribution in [2.75, 3.05) is 13.2 Å². The summed E-state index contributed by atoms with van der Waals surface area (Å²) in [5, 5.41) is 11.4. The highest BCUT2D eigenvalue weighted by Crippen LogP contribution is 2.70. The molecule has 9 nitrogen and oxygen atoms in total. The zero-order valence-corrected chi connectivity index (χ0v) is 19.5. The molecule has 9 heteroatoms. The van der Waals surface area contributed by atoms with Gasteiger partial charge in [0.15, 0.2) is 5.78 Å². The summed E-state index contributed by atoms with van der Waals surface area (Å²) in [5.74, 6) is -3.27. The second kappa shape index (κ2) is 7.25.